The Bertz CT molecular complexity index is 810. The van der Waals surface area contributed by atoms with Crippen LogP contribution in [0.25, 0.3) is 10.4 Å². The third kappa shape index (κ3) is 2.81. The van der Waals surface area contributed by atoms with E-state index >= 15 is 0 Å². The van der Waals surface area contributed by atoms with E-state index in [0.29, 0.717) is 24.3 Å². The predicted molar refractivity (Wildman–Crippen MR) is 109 cm³/mol. The number of nitrogens with one attached hydrogen (secondary N) is 1. The number of rotatable bonds is 4. The van der Waals surface area contributed by atoms with Gasteiger partial charge in [-0.05, 0) is 91.0 Å². The third-order valence-electron chi connectivity index (χ3n) is 8.82. The van der Waals surface area contributed by atoms with Gasteiger partial charge in [-0.25, -0.2) is 0 Å². The van der Waals surface area contributed by atoms with Gasteiger partial charge in [0, 0.05) is 23.8 Å². The summed E-state index contributed by atoms with van der Waals surface area (Å²) in [5.41, 5.74) is 13.4. The average Bonchev–Trinajstić information content (AvgIpc) is 3.27. The highest BCUT2D eigenvalue weighted by Crippen LogP contribution is 2.63. The topological polar surface area (TPSA) is 97.7 Å². The largest absolute Gasteiger partial charge is 0.396 e. The lowest BCUT2D eigenvalue weighted by molar-refractivity contribution is -0.0536. The van der Waals surface area contributed by atoms with E-state index in [0.717, 1.165) is 19.3 Å². The van der Waals surface area contributed by atoms with Crippen LogP contribution in [0.4, 0.5) is 0 Å². The van der Waals surface area contributed by atoms with Crippen molar-refractivity contribution >= 4 is 0 Å². The second kappa shape index (κ2) is 7.23. The maximum absolute atomic E-state index is 10.3. The smallest absolute Gasteiger partial charge is 0.0522 e. The molecule has 0 aromatic carbocycles. The molecule has 28 heavy (non-hydrogen) atoms. The lowest BCUT2D eigenvalue weighted by Crippen LogP contribution is -2.52. The van der Waals surface area contributed by atoms with Crippen molar-refractivity contribution in [1.29, 1.82) is 0 Å². The van der Waals surface area contributed by atoms with Gasteiger partial charge in [0.15, 0.2) is 0 Å². The second-order valence-electron chi connectivity index (χ2n) is 9.74. The average molecular weight is 384 g/mol. The van der Waals surface area contributed by atoms with Crippen molar-refractivity contribution in [2.75, 3.05) is 13.2 Å². The summed E-state index contributed by atoms with van der Waals surface area (Å²) >= 11 is 0. The molecule has 0 spiro atoms. The Hall–Kier alpha value is -1.78. The van der Waals surface area contributed by atoms with E-state index in [1.807, 2.05) is 6.20 Å². The molecule has 6 nitrogen and oxygen atoms in total. The molecule has 2 N–H and O–H groups in total. The van der Waals surface area contributed by atoms with Gasteiger partial charge in [-0.1, -0.05) is 30.6 Å². The van der Waals surface area contributed by atoms with Crippen LogP contribution in [0.15, 0.2) is 23.0 Å². The number of nitrogens with zero attached hydrogens (tertiary/aromatic N) is 4. The molecule has 6 atom stereocenters. The zero-order valence-corrected chi connectivity index (χ0v) is 17.4. The summed E-state index contributed by atoms with van der Waals surface area (Å²) in [5, 5.41) is 21.7. The van der Waals surface area contributed by atoms with Crippen LogP contribution in [-0.4, -0.2) is 28.5 Å². The van der Waals surface area contributed by atoms with E-state index < -0.39 is 0 Å². The molecule has 0 amide bonds. The van der Waals surface area contributed by atoms with Crippen LogP contribution in [0.3, 0.4) is 0 Å². The fourth-order valence-corrected chi connectivity index (χ4v) is 7.22. The Labute approximate surface area is 167 Å². The highest BCUT2D eigenvalue weighted by atomic mass is 16.3. The van der Waals surface area contributed by atoms with Gasteiger partial charge in [0.25, 0.3) is 0 Å². The molecule has 0 saturated heterocycles. The molecule has 0 aliphatic heterocycles. The first kappa shape index (κ1) is 19.5. The molecular weight excluding hydrogens is 350 g/mol. The molecule has 1 heterocycles. The number of azide groups is 1. The number of hydrogen-bond acceptors (Lipinski definition) is 3. The molecule has 3 aliphatic rings. The van der Waals surface area contributed by atoms with Crippen molar-refractivity contribution in [1.82, 2.24) is 10.2 Å². The van der Waals surface area contributed by atoms with E-state index in [1.165, 1.54) is 30.5 Å². The van der Waals surface area contributed by atoms with Crippen LogP contribution < -0.4 is 0 Å². The molecule has 0 unspecified atom stereocenters. The van der Waals surface area contributed by atoms with Gasteiger partial charge in [0.1, 0.15) is 0 Å². The molecule has 3 aliphatic carbocycles. The predicted octanol–water partition coefficient (Wildman–Crippen LogP) is 4.82. The van der Waals surface area contributed by atoms with Crippen molar-refractivity contribution in [2.45, 2.75) is 59.3 Å². The zero-order chi connectivity index (χ0) is 19.9. The Morgan fingerprint density at radius 3 is 2.93 bits per heavy atom. The van der Waals surface area contributed by atoms with Crippen LogP contribution in [0, 0.1) is 34.5 Å². The molecular formula is C22H33N5O. The minimum atomic E-state index is 0.00127. The summed E-state index contributed by atoms with van der Waals surface area (Å²) in [6, 6.07) is 0. The minimum Gasteiger partial charge on any atom is -0.396 e. The molecule has 1 aromatic rings. The molecule has 0 radical (unpaired) electrons. The van der Waals surface area contributed by atoms with E-state index in [9.17, 15) is 5.11 Å². The standard InChI is InChI=1S/C22H33N5O/c1-4-15-5-6-18-17(12-25-27-23)19(7-8-21(15,18)2)22(3)10-14-11-24-26-20(14)9-16(22)13-28/h4,11,16-19,28H,5-10,12-13H2,1-3H3,(H,24,26)/t16-,17+,18+,19+,21-,22+/m1/s1. The number of hydrogen-bond donors (Lipinski definition) is 2. The summed E-state index contributed by atoms with van der Waals surface area (Å²) in [5.74, 6) is 1.60. The lowest BCUT2D eigenvalue weighted by atomic mass is 9.49. The first-order valence-electron chi connectivity index (χ1n) is 10.8. The molecule has 2 fully saturated rings. The summed E-state index contributed by atoms with van der Waals surface area (Å²) < 4.78 is 0. The van der Waals surface area contributed by atoms with Gasteiger partial charge < -0.3 is 5.11 Å². The number of H-pyrrole nitrogens is 1. The van der Waals surface area contributed by atoms with Crippen LogP contribution in [0.5, 0.6) is 0 Å². The lowest BCUT2D eigenvalue weighted by Gasteiger charge is -2.55. The van der Waals surface area contributed by atoms with Crippen LogP contribution in [-0.2, 0) is 12.8 Å². The summed E-state index contributed by atoms with van der Waals surface area (Å²) in [4.78, 5) is 3.12. The van der Waals surface area contributed by atoms with Crippen molar-refractivity contribution in [2.24, 2.45) is 39.6 Å². The van der Waals surface area contributed by atoms with E-state index in [1.54, 1.807) is 5.57 Å². The summed E-state index contributed by atoms with van der Waals surface area (Å²) in [6.07, 6.45) is 10.8. The quantitative estimate of drug-likeness (QED) is 0.337. The van der Waals surface area contributed by atoms with Gasteiger partial charge in [-0.15, -0.1) is 0 Å². The molecule has 0 bridgehead atoms. The maximum Gasteiger partial charge on any atom is 0.0522 e. The van der Waals surface area contributed by atoms with Crippen LogP contribution >= 0.6 is 0 Å². The fourth-order valence-electron chi connectivity index (χ4n) is 7.22. The van der Waals surface area contributed by atoms with Crippen molar-refractivity contribution < 1.29 is 5.11 Å². The van der Waals surface area contributed by atoms with Gasteiger partial charge >= 0.3 is 0 Å². The second-order valence-corrected chi connectivity index (χ2v) is 9.74. The van der Waals surface area contributed by atoms with E-state index in [2.05, 4.69) is 47.1 Å². The molecule has 4 rings (SSSR count). The number of aliphatic hydroxyl groups is 1. The monoisotopic (exact) mass is 383 g/mol. The van der Waals surface area contributed by atoms with Gasteiger partial charge in [-0.2, -0.15) is 5.10 Å². The Morgan fingerprint density at radius 2 is 2.21 bits per heavy atom. The van der Waals surface area contributed by atoms with Crippen LogP contribution in [0.1, 0.15) is 57.7 Å². The normalized spacial score (nSPS) is 41.4. The van der Waals surface area contributed by atoms with Crippen molar-refractivity contribution in [3.63, 3.8) is 0 Å². The van der Waals surface area contributed by atoms with Gasteiger partial charge in [0.05, 0.1) is 6.20 Å². The Kier molecular flexibility index (Phi) is 5.05. The number of aromatic nitrogens is 2. The third-order valence-corrected chi connectivity index (χ3v) is 8.82. The van der Waals surface area contributed by atoms with Crippen molar-refractivity contribution in [3.05, 3.63) is 39.5 Å². The first-order valence-corrected chi connectivity index (χ1v) is 10.8. The summed E-state index contributed by atoms with van der Waals surface area (Å²) in [7, 11) is 0. The fraction of sp³-hybridized carbons (Fsp3) is 0.773. The van der Waals surface area contributed by atoms with E-state index in [4.69, 9.17) is 5.53 Å². The number of aromatic amines is 1. The first-order chi connectivity index (χ1) is 13.5. The maximum atomic E-state index is 10.3. The van der Waals surface area contributed by atoms with Gasteiger partial charge in [-0.3, -0.25) is 5.10 Å². The summed E-state index contributed by atoms with van der Waals surface area (Å²) in [6.45, 7) is 7.74. The molecule has 2 saturated carbocycles. The molecule has 6 heteroatoms. The Balaban J connectivity index is 1.72. The van der Waals surface area contributed by atoms with E-state index in [-0.39, 0.29) is 23.4 Å². The highest BCUT2D eigenvalue weighted by Gasteiger charge is 2.56. The number of fused-ring (bicyclic) bond motifs is 2. The minimum absolute atomic E-state index is 0.00127. The van der Waals surface area contributed by atoms with Crippen LogP contribution in [0.2, 0.25) is 0 Å². The molecule has 152 valence electrons. The number of aliphatic hydroxyl groups excluding tert-OH is 1. The number of allylic oxidation sites excluding steroid dienone is 2. The SMILES string of the molecule is CC=C1CC[C@H]2[C@H](CN=[N+]=[N-])[C@@H]([C@@]3(C)Cc4cn[nH]c4C[C@@H]3CO)CC[C@]12C. The van der Waals surface area contributed by atoms with Crippen molar-refractivity contribution in [3.8, 4) is 0 Å². The van der Waals surface area contributed by atoms with Gasteiger partial charge in [0.2, 0.25) is 0 Å². The zero-order valence-electron chi connectivity index (χ0n) is 17.4. The highest BCUT2D eigenvalue weighted by molar-refractivity contribution is 5.27. The Morgan fingerprint density at radius 1 is 1.39 bits per heavy atom. The molecule has 1 aromatic heterocycles.